The Balaban J connectivity index is 0.000000552. The number of alkyl halides is 1. The van der Waals surface area contributed by atoms with Gasteiger partial charge in [0.05, 0.1) is 30.9 Å². The van der Waals surface area contributed by atoms with Gasteiger partial charge < -0.3 is 35.6 Å². The lowest BCUT2D eigenvalue weighted by Crippen LogP contribution is -2.54. The molecule has 3 aliphatic heterocycles. The largest absolute Gasteiger partial charge is 0.489 e. The average molecular weight is 430 g/mol. The summed E-state index contributed by atoms with van der Waals surface area (Å²) < 4.78 is 11.4. The molecule has 0 bridgehead atoms. The number of nitrogens with one attached hydrogen (secondary N) is 1. The molecule has 4 atom stereocenters. The molecule has 5 N–H and O–H groups in total. The number of ketones is 2. The molecule has 4 rings (SSSR count). The lowest BCUT2D eigenvalue weighted by Gasteiger charge is -2.39. The summed E-state index contributed by atoms with van der Waals surface area (Å²) in [5.41, 5.74) is 4.12. The van der Waals surface area contributed by atoms with E-state index in [4.69, 9.17) is 31.0 Å². The van der Waals surface area contributed by atoms with E-state index in [1.165, 1.54) is 0 Å². The summed E-state index contributed by atoms with van der Waals surface area (Å²) in [7, 11) is 1.56. The Morgan fingerprint density at radius 2 is 2.07 bits per heavy atom. The number of carboxylic acid groups (broad SMARTS) is 1. The number of hydrogen-bond donors (Lipinski definition) is 4. The minimum atomic E-state index is -1.33. The average Bonchev–Trinajstić information content (AvgIpc) is 3.28. The van der Waals surface area contributed by atoms with Gasteiger partial charge in [0.2, 0.25) is 11.6 Å². The highest BCUT2D eigenvalue weighted by Gasteiger charge is 2.72. The van der Waals surface area contributed by atoms with Crippen molar-refractivity contribution in [2.24, 2.45) is 11.7 Å². The maximum Gasteiger partial charge on any atom is 0.402 e. The molecule has 1 aliphatic carbocycles. The number of nitrogens with two attached hydrogens (primary N) is 1. The maximum absolute atomic E-state index is 13.1. The van der Waals surface area contributed by atoms with Gasteiger partial charge in [-0.3, -0.25) is 9.59 Å². The molecule has 1 amide bonds. The zero-order valence-corrected chi connectivity index (χ0v) is 16.9. The second-order valence-corrected chi connectivity index (χ2v) is 7.53. The number of fused-ring (bicyclic) bond motifs is 4. The van der Waals surface area contributed by atoms with Crippen LogP contribution >= 0.6 is 11.6 Å². The van der Waals surface area contributed by atoms with Crippen molar-refractivity contribution in [1.29, 1.82) is 0 Å². The fourth-order valence-electron chi connectivity index (χ4n) is 4.52. The first-order valence-electron chi connectivity index (χ1n) is 9.17. The molecular weight excluding hydrogens is 406 g/mol. The summed E-state index contributed by atoms with van der Waals surface area (Å²) in [6.07, 6.45) is -0.753. The van der Waals surface area contributed by atoms with Gasteiger partial charge in [-0.15, -0.1) is 11.6 Å². The molecule has 29 heavy (non-hydrogen) atoms. The first kappa shape index (κ1) is 21.6. The first-order chi connectivity index (χ1) is 13.8. The zero-order chi connectivity index (χ0) is 21.5. The van der Waals surface area contributed by atoms with Gasteiger partial charge >= 0.3 is 6.09 Å². The van der Waals surface area contributed by atoms with E-state index in [-0.39, 0.29) is 42.6 Å². The van der Waals surface area contributed by atoms with Crippen LogP contribution in [-0.4, -0.2) is 83.3 Å². The smallest absolute Gasteiger partial charge is 0.402 e. The van der Waals surface area contributed by atoms with Gasteiger partial charge in [0.15, 0.2) is 11.5 Å². The summed E-state index contributed by atoms with van der Waals surface area (Å²) in [6, 6.07) is 0.221. The molecule has 0 aromatic rings. The Labute approximate surface area is 172 Å². The number of Topliss-reactive ketones (excluding diaryl/α,β-unsaturated/α-hetero) is 2. The van der Waals surface area contributed by atoms with Crippen LogP contribution in [0.15, 0.2) is 22.6 Å². The van der Waals surface area contributed by atoms with Crippen LogP contribution in [0.5, 0.6) is 0 Å². The third kappa shape index (κ3) is 3.20. The zero-order valence-electron chi connectivity index (χ0n) is 16.1. The number of ether oxygens (including phenoxy) is 2. The van der Waals surface area contributed by atoms with Crippen molar-refractivity contribution in [1.82, 2.24) is 10.2 Å². The van der Waals surface area contributed by atoms with Crippen LogP contribution in [0.1, 0.15) is 13.3 Å². The lowest BCUT2D eigenvalue weighted by atomic mass is 9.83. The van der Waals surface area contributed by atoms with E-state index in [2.05, 4.69) is 11.1 Å². The number of rotatable bonds is 6. The second-order valence-electron chi connectivity index (χ2n) is 7.16. The van der Waals surface area contributed by atoms with Gasteiger partial charge in [0, 0.05) is 36.7 Å². The maximum atomic E-state index is 13.1. The molecule has 3 heterocycles. The number of aliphatic hydroxyl groups is 1. The number of amides is 1. The number of nitrogens with zero attached hydrogens (tertiary/aromatic N) is 1. The van der Waals surface area contributed by atoms with Crippen molar-refractivity contribution in [2.75, 3.05) is 32.7 Å². The molecule has 2 fully saturated rings. The van der Waals surface area contributed by atoms with E-state index in [9.17, 15) is 14.7 Å². The van der Waals surface area contributed by atoms with Crippen molar-refractivity contribution in [3.05, 3.63) is 22.6 Å². The second kappa shape index (κ2) is 7.94. The highest BCUT2D eigenvalue weighted by molar-refractivity contribution is 6.25. The normalized spacial score (nSPS) is 31.9. The number of aliphatic hydroxyl groups excluding tert-OH is 1. The highest BCUT2D eigenvalue weighted by Crippen LogP contribution is 2.55. The molecule has 10 nitrogen and oxygen atoms in total. The predicted octanol–water partition coefficient (Wildman–Crippen LogP) is -0.444. The summed E-state index contributed by atoms with van der Waals surface area (Å²) in [5.74, 6) is -0.664. The van der Waals surface area contributed by atoms with E-state index in [0.29, 0.717) is 35.7 Å². The molecule has 0 aromatic heterocycles. The van der Waals surface area contributed by atoms with Crippen molar-refractivity contribution >= 4 is 29.3 Å². The number of carbonyl (C=O) groups excluding carboxylic acids is 2. The number of piperazine rings is 1. The molecule has 0 saturated carbocycles. The van der Waals surface area contributed by atoms with Crippen molar-refractivity contribution in [3.63, 3.8) is 0 Å². The molecule has 11 heteroatoms. The summed E-state index contributed by atoms with van der Waals surface area (Å²) in [4.78, 5) is 36.7. The minimum absolute atomic E-state index is 0.00164. The molecular formula is C18H24ClN3O7. The van der Waals surface area contributed by atoms with Crippen molar-refractivity contribution in [2.45, 2.75) is 31.2 Å². The standard InChI is InChI=1S/C17H21ClN2O5.CH3NO2/c1-8-13(22)12-11(14(23)15(8)25-5-3-4-18)9(7-21)17(24-2)16-10(19-16)6-20(12)17;2-1(3)4/h9-10,16,19,21H,3-7H2,1-2H3;2H2,(H,3,4). The highest BCUT2D eigenvalue weighted by atomic mass is 35.5. The van der Waals surface area contributed by atoms with E-state index < -0.39 is 17.7 Å². The van der Waals surface area contributed by atoms with E-state index >= 15 is 0 Å². The van der Waals surface area contributed by atoms with Gasteiger partial charge in [0.1, 0.15) is 0 Å². The van der Waals surface area contributed by atoms with E-state index in [1.54, 1.807) is 14.0 Å². The Morgan fingerprint density at radius 3 is 2.62 bits per heavy atom. The SMILES string of the molecule is COC12C(CO)C3=C(C(=O)C(C)=C(OCCCCl)C3=O)N1CC1NC12.NC(=O)O. The fourth-order valence-corrected chi connectivity index (χ4v) is 4.63. The molecule has 160 valence electrons. The monoisotopic (exact) mass is 429 g/mol. The van der Waals surface area contributed by atoms with Crippen LogP contribution in [0.25, 0.3) is 0 Å². The number of primary amides is 1. The van der Waals surface area contributed by atoms with Crippen LogP contribution in [-0.2, 0) is 19.1 Å². The topological polar surface area (TPSA) is 161 Å². The van der Waals surface area contributed by atoms with Crippen LogP contribution in [0.3, 0.4) is 0 Å². The lowest BCUT2D eigenvalue weighted by molar-refractivity contribution is -0.137. The Bertz CT molecular complexity index is 807. The van der Waals surface area contributed by atoms with Crippen LogP contribution in [0, 0.1) is 5.92 Å². The number of hydrogen-bond acceptors (Lipinski definition) is 8. The van der Waals surface area contributed by atoms with Gasteiger partial charge in [-0.25, -0.2) is 4.79 Å². The fraction of sp³-hybridized carbons (Fsp3) is 0.611. The van der Waals surface area contributed by atoms with Gasteiger partial charge in [-0.2, -0.15) is 0 Å². The van der Waals surface area contributed by atoms with Crippen LogP contribution in [0.2, 0.25) is 0 Å². The summed E-state index contributed by atoms with van der Waals surface area (Å²) in [6.45, 7) is 2.19. The number of carbonyl (C=O) groups is 3. The number of allylic oxidation sites excluding steroid dienone is 2. The summed E-state index contributed by atoms with van der Waals surface area (Å²) in [5, 5.41) is 20.6. The van der Waals surface area contributed by atoms with Crippen LogP contribution in [0.4, 0.5) is 4.79 Å². The van der Waals surface area contributed by atoms with Gasteiger partial charge in [0.25, 0.3) is 0 Å². The predicted molar refractivity (Wildman–Crippen MR) is 101 cm³/mol. The molecule has 4 unspecified atom stereocenters. The number of methoxy groups -OCH3 is 1. The first-order valence-corrected chi connectivity index (χ1v) is 9.70. The Kier molecular flexibility index (Phi) is 5.91. The van der Waals surface area contributed by atoms with Crippen molar-refractivity contribution in [3.8, 4) is 0 Å². The van der Waals surface area contributed by atoms with Gasteiger partial charge in [-0.05, 0) is 13.3 Å². The van der Waals surface area contributed by atoms with E-state index in [0.717, 1.165) is 0 Å². The van der Waals surface area contributed by atoms with Crippen molar-refractivity contribution < 1.29 is 34.1 Å². The Hall–Kier alpha value is -2.14. The van der Waals surface area contributed by atoms with Crippen LogP contribution < -0.4 is 11.1 Å². The molecule has 4 aliphatic rings. The minimum Gasteiger partial charge on any atom is -0.489 e. The third-order valence-corrected chi connectivity index (χ3v) is 5.95. The molecule has 0 spiro atoms. The summed E-state index contributed by atoms with van der Waals surface area (Å²) >= 11 is 5.66. The third-order valence-electron chi connectivity index (χ3n) is 5.69. The van der Waals surface area contributed by atoms with E-state index in [1.807, 2.05) is 4.90 Å². The molecule has 0 aromatic carbocycles. The number of halogens is 1. The molecule has 2 saturated heterocycles. The van der Waals surface area contributed by atoms with Gasteiger partial charge in [-0.1, -0.05) is 0 Å². The Morgan fingerprint density at radius 1 is 1.41 bits per heavy atom. The molecule has 0 radical (unpaired) electrons. The quantitative estimate of drug-likeness (QED) is 0.190.